The van der Waals surface area contributed by atoms with Gasteiger partial charge in [-0.3, -0.25) is 9.89 Å². The number of halogens is 1. The fourth-order valence-electron chi connectivity index (χ4n) is 2.00. The largest absolute Gasteiger partial charge is 0.291 e. The van der Waals surface area contributed by atoms with E-state index >= 15 is 0 Å². The van der Waals surface area contributed by atoms with E-state index in [2.05, 4.69) is 10.1 Å². The third-order valence-electron chi connectivity index (χ3n) is 3.09. The van der Waals surface area contributed by atoms with E-state index < -0.39 is 0 Å². The maximum Gasteiger partial charge on any atom is 0.291 e. The van der Waals surface area contributed by atoms with Gasteiger partial charge in [-0.2, -0.15) is 4.52 Å². The Balaban J connectivity index is 2.25. The van der Waals surface area contributed by atoms with E-state index in [1.807, 2.05) is 37.3 Å². The van der Waals surface area contributed by atoms with E-state index in [4.69, 9.17) is 11.6 Å². The van der Waals surface area contributed by atoms with Crippen LogP contribution in [0, 0.1) is 13.8 Å². The van der Waals surface area contributed by atoms with Crippen molar-refractivity contribution in [3.05, 3.63) is 57.0 Å². The normalized spacial score (nSPS) is 11.1. The molecule has 0 saturated carbocycles. The van der Waals surface area contributed by atoms with Crippen molar-refractivity contribution in [2.75, 3.05) is 0 Å². The number of hydrogen-bond donors (Lipinski definition) is 1. The van der Waals surface area contributed by atoms with Gasteiger partial charge in [-0.05, 0) is 19.4 Å². The van der Waals surface area contributed by atoms with Crippen molar-refractivity contribution >= 4 is 17.2 Å². The number of rotatable bonds is 1. The molecule has 0 radical (unpaired) electrons. The van der Waals surface area contributed by atoms with Crippen molar-refractivity contribution < 1.29 is 0 Å². The molecule has 2 aromatic heterocycles. The summed E-state index contributed by atoms with van der Waals surface area (Å²) in [4.78, 5) is 16.3. The summed E-state index contributed by atoms with van der Waals surface area (Å²) in [7, 11) is 0. The molecule has 0 atom stereocenters. The molecule has 0 unspecified atom stereocenters. The van der Waals surface area contributed by atoms with Gasteiger partial charge in [-0.1, -0.05) is 41.4 Å². The number of nitrogens with one attached hydrogen (secondary N) is 1. The molecule has 2 heterocycles. The summed E-state index contributed by atoms with van der Waals surface area (Å²) in [5, 5.41) is 3.17. The second kappa shape index (κ2) is 4.24. The van der Waals surface area contributed by atoms with Crippen LogP contribution in [0.4, 0.5) is 0 Å². The molecule has 4 nitrogen and oxygen atoms in total. The molecular weight excluding hydrogens is 262 g/mol. The fraction of sp³-hybridized carbons (Fsp3) is 0.143. The minimum absolute atomic E-state index is 0.148. The van der Waals surface area contributed by atoms with Gasteiger partial charge in [-0.15, -0.1) is 0 Å². The third-order valence-corrected chi connectivity index (χ3v) is 3.52. The lowest BCUT2D eigenvalue weighted by atomic mass is 10.1. The predicted octanol–water partition coefficient (Wildman–Crippen LogP) is 2.96. The molecule has 0 aliphatic carbocycles. The van der Waals surface area contributed by atoms with Crippen molar-refractivity contribution in [2.24, 2.45) is 0 Å². The average molecular weight is 274 g/mol. The number of nitrogens with zero attached hydrogens (tertiary/aromatic N) is 2. The van der Waals surface area contributed by atoms with E-state index in [0.717, 1.165) is 11.3 Å². The SMILES string of the molecule is Cc1ccc(-c2cc3nc(C)c(Cl)c(=O)n3[nH]2)cc1. The smallest absolute Gasteiger partial charge is 0.289 e. The van der Waals surface area contributed by atoms with Gasteiger partial charge in [0.15, 0.2) is 5.65 Å². The van der Waals surface area contributed by atoms with Crippen LogP contribution in [0.3, 0.4) is 0 Å². The Morgan fingerprint density at radius 2 is 1.89 bits per heavy atom. The molecule has 1 N–H and O–H groups in total. The predicted molar refractivity (Wildman–Crippen MR) is 75.7 cm³/mol. The maximum atomic E-state index is 12.0. The van der Waals surface area contributed by atoms with E-state index in [0.29, 0.717) is 11.3 Å². The molecule has 96 valence electrons. The lowest BCUT2D eigenvalue weighted by Gasteiger charge is -1.98. The van der Waals surface area contributed by atoms with Gasteiger partial charge in [0.25, 0.3) is 5.56 Å². The number of H-pyrrole nitrogens is 1. The van der Waals surface area contributed by atoms with Crippen LogP contribution in [0.25, 0.3) is 16.9 Å². The highest BCUT2D eigenvalue weighted by Crippen LogP contribution is 2.19. The first-order chi connectivity index (χ1) is 9.06. The second-order valence-electron chi connectivity index (χ2n) is 4.55. The molecule has 19 heavy (non-hydrogen) atoms. The van der Waals surface area contributed by atoms with Gasteiger partial charge in [0.1, 0.15) is 5.02 Å². The average Bonchev–Trinajstić information content (AvgIpc) is 2.81. The molecule has 0 fully saturated rings. The monoisotopic (exact) mass is 273 g/mol. The molecule has 3 aromatic rings. The second-order valence-corrected chi connectivity index (χ2v) is 4.92. The molecule has 0 aliphatic heterocycles. The van der Waals surface area contributed by atoms with Crippen LogP contribution >= 0.6 is 11.6 Å². The lowest BCUT2D eigenvalue weighted by molar-refractivity contribution is 0.893. The molecular formula is C14H12ClN3O. The zero-order chi connectivity index (χ0) is 13.6. The van der Waals surface area contributed by atoms with Crippen LogP contribution < -0.4 is 5.56 Å². The van der Waals surface area contributed by atoms with E-state index in [9.17, 15) is 4.79 Å². The summed E-state index contributed by atoms with van der Waals surface area (Å²) in [5.41, 5.74) is 3.87. The molecule has 0 spiro atoms. The lowest BCUT2D eigenvalue weighted by Crippen LogP contribution is -2.16. The summed E-state index contributed by atoms with van der Waals surface area (Å²) in [6.45, 7) is 3.76. The first-order valence-electron chi connectivity index (χ1n) is 5.91. The summed E-state index contributed by atoms with van der Waals surface area (Å²) in [6.07, 6.45) is 0. The van der Waals surface area contributed by atoms with Crippen LogP contribution in [0.5, 0.6) is 0 Å². The highest BCUT2D eigenvalue weighted by atomic mass is 35.5. The zero-order valence-electron chi connectivity index (χ0n) is 10.6. The number of hydrogen-bond acceptors (Lipinski definition) is 2. The Morgan fingerprint density at radius 1 is 1.21 bits per heavy atom. The Hall–Kier alpha value is -2.07. The number of fused-ring (bicyclic) bond motifs is 1. The van der Waals surface area contributed by atoms with Crippen LogP contribution in [0.1, 0.15) is 11.3 Å². The molecule has 0 bridgehead atoms. The van der Waals surface area contributed by atoms with E-state index in [1.54, 1.807) is 6.92 Å². The highest BCUT2D eigenvalue weighted by Gasteiger charge is 2.10. The van der Waals surface area contributed by atoms with Crippen molar-refractivity contribution in [3.8, 4) is 11.3 Å². The van der Waals surface area contributed by atoms with Gasteiger partial charge in [-0.25, -0.2) is 4.98 Å². The molecule has 0 saturated heterocycles. The Morgan fingerprint density at radius 3 is 2.58 bits per heavy atom. The van der Waals surface area contributed by atoms with Crippen molar-refractivity contribution in [3.63, 3.8) is 0 Å². The van der Waals surface area contributed by atoms with Gasteiger partial charge in [0.05, 0.1) is 11.4 Å². The number of aromatic amines is 1. The van der Waals surface area contributed by atoms with Gasteiger partial charge in [0.2, 0.25) is 0 Å². The van der Waals surface area contributed by atoms with E-state index in [-0.39, 0.29) is 10.6 Å². The van der Waals surface area contributed by atoms with Crippen LogP contribution in [0.2, 0.25) is 5.02 Å². The topological polar surface area (TPSA) is 50.2 Å². The number of benzene rings is 1. The first kappa shape index (κ1) is 12.0. The quantitative estimate of drug-likeness (QED) is 0.741. The summed E-state index contributed by atoms with van der Waals surface area (Å²) in [6, 6.07) is 9.89. The van der Waals surface area contributed by atoms with Gasteiger partial charge < -0.3 is 0 Å². The molecule has 0 aliphatic rings. The molecule has 5 heteroatoms. The Kier molecular flexibility index (Phi) is 2.68. The van der Waals surface area contributed by atoms with Crippen LogP contribution in [-0.4, -0.2) is 14.6 Å². The summed E-state index contributed by atoms with van der Waals surface area (Å²) >= 11 is 5.92. The van der Waals surface area contributed by atoms with Crippen molar-refractivity contribution in [1.29, 1.82) is 0 Å². The van der Waals surface area contributed by atoms with Crippen molar-refractivity contribution in [1.82, 2.24) is 14.6 Å². The van der Waals surface area contributed by atoms with Gasteiger partial charge >= 0.3 is 0 Å². The first-order valence-corrected chi connectivity index (χ1v) is 6.29. The standard InChI is InChI=1S/C14H12ClN3O/c1-8-3-5-10(6-4-8)11-7-12-16-9(2)13(15)14(19)18(12)17-11/h3-7,17H,1-2H3. The van der Waals surface area contributed by atoms with Crippen LogP contribution in [0.15, 0.2) is 35.1 Å². The third kappa shape index (κ3) is 1.94. The maximum absolute atomic E-state index is 12.0. The minimum Gasteiger partial charge on any atom is -0.289 e. The molecule has 1 aromatic carbocycles. The van der Waals surface area contributed by atoms with E-state index in [1.165, 1.54) is 10.1 Å². The number of aryl methyl sites for hydroxylation is 2. The fourth-order valence-corrected chi connectivity index (χ4v) is 2.12. The van der Waals surface area contributed by atoms with Gasteiger partial charge in [0, 0.05) is 6.07 Å². The summed E-state index contributed by atoms with van der Waals surface area (Å²) in [5.74, 6) is 0. The molecule has 0 amide bonds. The Labute approximate surface area is 114 Å². The zero-order valence-corrected chi connectivity index (χ0v) is 11.3. The molecule has 3 rings (SSSR count). The highest BCUT2D eigenvalue weighted by molar-refractivity contribution is 6.31. The number of aromatic nitrogens is 3. The minimum atomic E-state index is -0.275. The summed E-state index contributed by atoms with van der Waals surface area (Å²) < 4.78 is 1.37. The van der Waals surface area contributed by atoms with Crippen LogP contribution in [-0.2, 0) is 0 Å². The van der Waals surface area contributed by atoms with Crippen molar-refractivity contribution in [2.45, 2.75) is 13.8 Å². The Bertz CT molecular complexity index is 815.